The Morgan fingerprint density at radius 3 is 2.34 bits per heavy atom. The lowest BCUT2D eigenvalue weighted by atomic mass is 10.1. The Kier molecular flexibility index (Phi) is 5.80. The van der Waals surface area contributed by atoms with Crippen LogP contribution in [0.15, 0.2) is 71.6 Å². The van der Waals surface area contributed by atoms with Crippen LogP contribution >= 0.6 is 0 Å². The molecule has 166 valence electrons. The maximum atomic E-state index is 13.5. The summed E-state index contributed by atoms with van der Waals surface area (Å²) in [6.45, 7) is 3.74. The number of aryl methyl sites for hydroxylation is 2. The van der Waals surface area contributed by atoms with Crippen molar-refractivity contribution < 1.29 is 22.7 Å². The summed E-state index contributed by atoms with van der Waals surface area (Å²) in [5.41, 5.74) is 3.05. The molecule has 1 N–H and O–H groups in total. The molecule has 1 heterocycles. The first-order valence-electron chi connectivity index (χ1n) is 10.1. The highest BCUT2D eigenvalue weighted by molar-refractivity contribution is 7.92. The molecule has 1 aliphatic rings. The molecule has 1 aliphatic heterocycles. The largest absolute Gasteiger partial charge is 0.497 e. The summed E-state index contributed by atoms with van der Waals surface area (Å²) in [4.78, 5) is 13.1. The zero-order valence-electron chi connectivity index (χ0n) is 18.0. The summed E-state index contributed by atoms with van der Waals surface area (Å²) in [5, 5.41) is 2.85. The van der Waals surface area contributed by atoms with Crippen LogP contribution in [0.25, 0.3) is 0 Å². The summed E-state index contributed by atoms with van der Waals surface area (Å²) in [6.07, 6.45) is -1.02. The van der Waals surface area contributed by atoms with E-state index in [1.54, 1.807) is 36.4 Å². The fourth-order valence-electron chi connectivity index (χ4n) is 3.71. The molecule has 8 heteroatoms. The van der Waals surface area contributed by atoms with Crippen LogP contribution in [0.1, 0.15) is 11.1 Å². The second-order valence-electron chi connectivity index (χ2n) is 7.65. The summed E-state index contributed by atoms with van der Waals surface area (Å²) in [7, 11) is -2.42. The number of sulfonamides is 1. The van der Waals surface area contributed by atoms with Crippen LogP contribution in [0.4, 0.5) is 11.4 Å². The first-order chi connectivity index (χ1) is 15.3. The number of ether oxygens (including phenoxy) is 2. The molecule has 0 saturated heterocycles. The fraction of sp³-hybridized carbons (Fsp3) is 0.208. The van der Waals surface area contributed by atoms with Crippen molar-refractivity contribution >= 4 is 27.3 Å². The predicted molar refractivity (Wildman–Crippen MR) is 123 cm³/mol. The Balaban J connectivity index is 1.66. The van der Waals surface area contributed by atoms with E-state index in [1.807, 2.05) is 32.0 Å². The number of fused-ring (bicyclic) bond motifs is 1. The van der Waals surface area contributed by atoms with E-state index in [1.165, 1.54) is 23.5 Å². The lowest BCUT2D eigenvalue weighted by Crippen LogP contribution is -2.48. The normalized spacial score (nSPS) is 15.5. The molecule has 0 unspecified atom stereocenters. The smallest absolute Gasteiger partial charge is 0.267 e. The highest BCUT2D eigenvalue weighted by Crippen LogP contribution is 2.37. The molecular weight excluding hydrogens is 428 g/mol. The third kappa shape index (κ3) is 4.27. The molecule has 3 aromatic carbocycles. The summed E-state index contributed by atoms with van der Waals surface area (Å²) in [6, 6.07) is 18.6. The van der Waals surface area contributed by atoms with Crippen molar-refractivity contribution in [1.82, 2.24) is 0 Å². The van der Waals surface area contributed by atoms with E-state index in [0.717, 1.165) is 11.1 Å². The second kappa shape index (κ2) is 8.55. The minimum Gasteiger partial charge on any atom is -0.497 e. The highest BCUT2D eigenvalue weighted by atomic mass is 32.2. The van der Waals surface area contributed by atoms with Gasteiger partial charge in [0.15, 0.2) is 6.10 Å². The van der Waals surface area contributed by atoms with Crippen LogP contribution in [-0.4, -0.2) is 34.1 Å². The Bertz CT molecular complexity index is 1240. The standard InChI is InChI=1S/C24H24N2O5S/c1-16-12-17(2)14-18(13-16)25-24(27)23-15-26(21-6-4-5-7-22(21)31-23)32(28,29)20-10-8-19(30-3)9-11-20/h4-14,23H,15H2,1-3H3,(H,25,27)/t23-/m1/s1. The lowest BCUT2D eigenvalue weighted by molar-refractivity contribution is -0.122. The Labute approximate surface area is 187 Å². The summed E-state index contributed by atoms with van der Waals surface area (Å²) >= 11 is 0. The Morgan fingerprint density at radius 2 is 1.69 bits per heavy atom. The van der Waals surface area contributed by atoms with E-state index >= 15 is 0 Å². The number of methoxy groups -OCH3 is 1. The van der Waals surface area contributed by atoms with Crippen molar-refractivity contribution in [2.75, 3.05) is 23.3 Å². The van der Waals surface area contributed by atoms with Gasteiger partial charge in [0.25, 0.3) is 15.9 Å². The van der Waals surface area contributed by atoms with Crippen molar-refractivity contribution in [2.24, 2.45) is 0 Å². The lowest BCUT2D eigenvalue weighted by Gasteiger charge is -2.34. The number of carbonyl (C=O) groups is 1. The molecule has 0 fully saturated rings. The number of para-hydroxylation sites is 2. The zero-order chi connectivity index (χ0) is 22.9. The number of hydrogen-bond donors (Lipinski definition) is 1. The molecular formula is C24H24N2O5S. The second-order valence-corrected chi connectivity index (χ2v) is 9.51. The molecule has 0 bridgehead atoms. The number of amides is 1. The van der Waals surface area contributed by atoms with Crippen LogP contribution in [0.2, 0.25) is 0 Å². The summed E-state index contributed by atoms with van der Waals surface area (Å²) in [5.74, 6) is 0.466. The monoisotopic (exact) mass is 452 g/mol. The average molecular weight is 453 g/mol. The van der Waals surface area contributed by atoms with Crippen LogP contribution in [0.5, 0.6) is 11.5 Å². The van der Waals surface area contributed by atoms with Gasteiger partial charge >= 0.3 is 0 Å². The molecule has 0 saturated carbocycles. The third-order valence-electron chi connectivity index (χ3n) is 5.16. The topological polar surface area (TPSA) is 84.9 Å². The van der Waals surface area contributed by atoms with Gasteiger partial charge in [-0.1, -0.05) is 18.2 Å². The molecule has 0 aromatic heterocycles. The maximum absolute atomic E-state index is 13.5. The first kappa shape index (κ1) is 21.7. The molecule has 7 nitrogen and oxygen atoms in total. The zero-order valence-corrected chi connectivity index (χ0v) is 18.8. The molecule has 0 spiro atoms. The van der Waals surface area contributed by atoms with E-state index in [0.29, 0.717) is 22.9 Å². The van der Waals surface area contributed by atoms with E-state index in [-0.39, 0.29) is 11.4 Å². The quantitative estimate of drug-likeness (QED) is 0.635. The van der Waals surface area contributed by atoms with E-state index < -0.39 is 22.0 Å². The van der Waals surface area contributed by atoms with Crippen LogP contribution in [-0.2, 0) is 14.8 Å². The van der Waals surface area contributed by atoms with E-state index in [2.05, 4.69) is 5.32 Å². The molecule has 4 rings (SSSR count). The fourth-order valence-corrected chi connectivity index (χ4v) is 5.19. The van der Waals surface area contributed by atoms with Gasteiger partial charge in [-0.25, -0.2) is 8.42 Å². The number of benzene rings is 3. The van der Waals surface area contributed by atoms with Gasteiger partial charge < -0.3 is 14.8 Å². The predicted octanol–water partition coefficient (Wildman–Crippen LogP) is 3.91. The van der Waals surface area contributed by atoms with Crippen molar-refractivity contribution in [3.05, 3.63) is 77.9 Å². The number of nitrogens with zero attached hydrogens (tertiary/aromatic N) is 1. The third-order valence-corrected chi connectivity index (χ3v) is 6.96. The van der Waals surface area contributed by atoms with Crippen LogP contribution in [0.3, 0.4) is 0 Å². The van der Waals surface area contributed by atoms with Crippen molar-refractivity contribution in [3.8, 4) is 11.5 Å². The molecule has 0 radical (unpaired) electrons. The Morgan fingerprint density at radius 1 is 1.03 bits per heavy atom. The number of rotatable bonds is 5. The van der Waals surface area contributed by atoms with Crippen molar-refractivity contribution in [1.29, 1.82) is 0 Å². The molecule has 1 atom stereocenters. The minimum absolute atomic E-state index is 0.100. The minimum atomic E-state index is -3.94. The van der Waals surface area contributed by atoms with Gasteiger partial charge in [-0.2, -0.15) is 0 Å². The number of anilines is 2. The van der Waals surface area contributed by atoms with E-state index in [4.69, 9.17) is 9.47 Å². The van der Waals surface area contributed by atoms with Crippen LogP contribution < -0.4 is 19.1 Å². The Hall–Kier alpha value is -3.52. The van der Waals surface area contributed by atoms with Gasteiger partial charge in [0, 0.05) is 5.69 Å². The first-order valence-corrected chi connectivity index (χ1v) is 11.5. The summed E-state index contributed by atoms with van der Waals surface area (Å²) < 4.78 is 39.2. The molecule has 32 heavy (non-hydrogen) atoms. The van der Waals surface area contributed by atoms with Gasteiger partial charge in [0.1, 0.15) is 11.5 Å². The SMILES string of the molecule is COc1ccc(S(=O)(=O)N2C[C@H](C(=O)Nc3cc(C)cc(C)c3)Oc3ccccc32)cc1. The van der Waals surface area contributed by atoms with Gasteiger partial charge in [-0.3, -0.25) is 9.10 Å². The average Bonchev–Trinajstić information content (AvgIpc) is 2.77. The molecule has 0 aliphatic carbocycles. The van der Waals surface area contributed by atoms with Gasteiger partial charge in [-0.15, -0.1) is 0 Å². The number of carbonyl (C=O) groups excluding carboxylic acids is 1. The molecule has 3 aromatic rings. The van der Waals surface area contributed by atoms with Gasteiger partial charge in [0.05, 0.1) is 24.2 Å². The number of nitrogens with one attached hydrogen (secondary N) is 1. The van der Waals surface area contributed by atoms with E-state index in [9.17, 15) is 13.2 Å². The maximum Gasteiger partial charge on any atom is 0.267 e. The van der Waals surface area contributed by atoms with Crippen LogP contribution in [0, 0.1) is 13.8 Å². The van der Waals surface area contributed by atoms with Gasteiger partial charge in [-0.05, 0) is 73.5 Å². The van der Waals surface area contributed by atoms with Crippen molar-refractivity contribution in [2.45, 2.75) is 24.8 Å². The van der Waals surface area contributed by atoms with Gasteiger partial charge in [0.2, 0.25) is 0 Å². The van der Waals surface area contributed by atoms with Crippen molar-refractivity contribution in [3.63, 3.8) is 0 Å². The highest BCUT2D eigenvalue weighted by Gasteiger charge is 2.37. The number of hydrogen-bond acceptors (Lipinski definition) is 5. The molecule has 1 amide bonds.